The van der Waals surface area contributed by atoms with Crippen molar-refractivity contribution in [2.24, 2.45) is 0 Å². The second-order valence-electron chi connectivity index (χ2n) is 11.0. The van der Waals surface area contributed by atoms with Gasteiger partial charge in [-0.3, -0.25) is 4.79 Å². The summed E-state index contributed by atoms with van der Waals surface area (Å²) in [5.41, 5.74) is 1.25. The number of anilines is 1. The van der Waals surface area contributed by atoms with Gasteiger partial charge in [0.25, 0.3) is 0 Å². The van der Waals surface area contributed by atoms with Crippen molar-refractivity contribution in [2.75, 3.05) is 61.2 Å². The third-order valence-electron chi connectivity index (χ3n) is 7.54. The van der Waals surface area contributed by atoms with Crippen molar-refractivity contribution in [1.82, 2.24) is 0 Å². The number of hydrogen-bond donors (Lipinski definition) is 1. The van der Waals surface area contributed by atoms with Crippen LogP contribution in [0.5, 0.6) is 0 Å². The molecule has 3 rings (SSSR count). The van der Waals surface area contributed by atoms with Gasteiger partial charge < -0.3 is 57.4 Å². The van der Waals surface area contributed by atoms with Gasteiger partial charge in [-0.2, -0.15) is 0 Å². The van der Waals surface area contributed by atoms with Crippen LogP contribution in [0.1, 0.15) is 32.8 Å². The molecule has 13 nitrogen and oxygen atoms in total. The minimum atomic E-state index is -0.915. The summed E-state index contributed by atoms with van der Waals surface area (Å²) in [6.07, 6.45) is -5.47. The number of ether oxygens (including phenoxy) is 11. The topological polar surface area (TPSA) is 131 Å². The molecule has 2 aliphatic rings. The van der Waals surface area contributed by atoms with E-state index in [1.165, 1.54) is 21.1 Å². The van der Waals surface area contributed by atoms with E-state index in [4.69, 9.17) is 63.7 Å². The SMILES string of the molecule is COCC1OC(OCc2ccc(Cl)c(NC(C)=O)c2)C(OC)C(OC)C1OC(OC)C(OC)C(OC)C1CCOC(C)(C)O1. The highest BCUT2D eigenvalue weighted by atomic mass is 35.5. The first-order chi connectivity index (χ1) is 21.0. The monoisotopic (exact) mass is 649 g/mol. The molecule has 0 bridgehead atoms. The molecule has 44 heavy (non-hydrogen) atoms. The Kier molecular flexibility index (Phi) is 14.7. The van der Waals surface area contributed by atoms with E-state index < -0.39 is 55.0 Å². The molecule has 0 saturated carbocycles. The molecule has 0 aliphatic carbocycles. The average molecular weight is 650 g/mol. The first kappa shape index (κ1) is 37.0. The number of nitrogens with one attached hydrogen (secondary N) is 1. The minimum absolute atomic E-state index is 0.138. The van der Waals surface area contributed by atoms with Crippen LogP contribution in [0.25, 0.3) is 0 Å². The summed E-state index contributed by atoms with van der Waals surface area (Å²) in [5.74, 6) is -1.01. The van der Waals surface area contributed by atoms with Crippen molar-refractivity contribution in [3.63, 3.8) is 0 Å². The van der Waals surface area contributed by atoms with Crippen LogP contribution in [0.4, 0.5) is 5.69 Å². The summed E-state index contributed by atoms with van der Waals surface area (Å²) in [6.45, 7) is 5.93. The zero-order valence-corrected chi connectivity index (χ0v) is 27.8. The van der Waals surface area contributed by atoms with Gasteiger partial charge in [0.15, 0.2) is 18.4 Å². The van der Waals surface area contributed by atoms with Crippen LogP contribution in [0.3, 0.4) is 0 Å². The molecule has 0 spiro atoms. The zero-order valence-electron chi connectivity index (χ0n) is 27.0. The number of methoxy groups -OCH3 is 6. The Morgan fingerprint density at radius 1 is 1.05 bits per heavy atom. The molecule has 2 heterocycles. The lowest BCUT2D eigenvalue weighted by Crippen LogP contribution is -2.63. The van der Waals surface area contributed by atoms with Crippen LogP contribution < -0.4 is 5.32 Å². The highest BCUT2D eigenvalue weighted by molar-refractivity contribution is 6.33. The molecule has 14 heteroatoms. The van der Waals surface area contributed by atoms with Crippen LogP contribution in [0.2, 0.25) is 5.02 Å². The fourth-order valence-electron chi connectivity index (χ4n) is 5.55. The van der Waals surface area contributed by atoms with E-state index in [1.807, 2.05) is 13.8 Å². The molecule has 0 radical (unpaired) electrons. The summed E-state index contributed by atoms with van der Waals surface area (Å²) in [4.78, 5) is 11.6. The van der Waals surface area contributed by atoms with Gasteiger partial charge in [-0.05, 0) is 38.0 Å². The Labute approximate surface area is 264 Å². The highest BCUT2D eigenvalue weighted by Gasteiger charge is 2.51. The molecular formula is C30H48ClNO12. The lowest BCUT2D eigenvalue weighted by molar-refractivity contribution is -0.349. The standard InChI is InChI=1S/C30H48ClNO12/c1-17(33)32-20-14-18(10-11-19(20)31)15-40-29-27(38-8)25(36-6)24(22(42-29)16-34-4)43-28(39-9)26(37-7)23(35-5)21-12-13-41-30(2,3)44-21/h10-11,14,21-29H,12-13,15-16H2,1-9H3,(H,32,33). The van der Waals surface area contributed by atoms with E-state index in [9.17, 15) is 4.79 Å². The normalized spacial score (nSPS) is 29.1. The third-order valence-corrected chi connectivity index (χ3v) is 7.87. The fourth-order valence-corrected chi connectivity index (χ4v) is 5.71. The molecule has 1 amide bonds. The largest absolute Gasteiger partial charge is 0.382 e. The van der Waals surface area contributed by atoms with E-state index in [-0.39, 0.29) is 25.2 Å². The molecule has 9 atom stereocenters. The smallest absolute Gasteiger partial charge is 0.221 e. The molecular weight excluding hydrogens is 602 g/mol. The Balaban J connectivity index is 1.80. The maximum absolute atomic E-state index is 11.6. The Morgan fingerprint density at radius 2 is 1.77 bits per heavy atom. The maximum Gasteiger partial charge on any atom is 0.221 e. The molecule has 252 valence electrons. The number of benzene rings is 1. The summed E-state index contributed by atoms with van der Waals surface area (Å²) in [5, 5.41) is 3.13. The average Bonchev–Trinajstić information content (AvgIpc) is 2.98. The molecule has 1 aromatic carbocycles. The van der Waals surface area contributed by atoms with Gasteiger partial charge in [-0.1, -0.05) is 17.7 Å². The number of halogens is 1. The summed E-state index contributed by atoms with van der Waals surface area (Å²) < 4.78 is 65.8. The van der Waals surface area contributed by atoms with Crippen LogP contribution in [0, 0.1) is 0 Å². The first-order valence-corrected chi connectivity index (χ1v) is 14.8. The van der Waals surface area contributed by atoms with E-state index in [0.717, 1.165) is 5.56 Å². The summed E-state index contributed by atoms with van der Waals surface area (Å²) in [6, 6.07) is 5.23. The third kappa shape index (κ3) is 9.53. The van der Waals surface area contributed by atoms with Gasteiger partial charge in [0, 0.05) is 49.6 Å². The quantitative estimate of drug-likeness (QED) is 0.264. The molecule has 9 unspecified atom stereocenters. The Morgan fingerprint density at radius 3 is 2.34 bits per heavy atom. The van der Waals surface area contributed by atoms with Gasteiger partial charge in [-0.25, -0.2) is 0 Å². The summed E-state index contributed by atoms with van der Waals surface area (Å²) in [7, 11) is 9.34. The second kappa shape index (κ2) is 17.5. The first-order valence-electron chi connectivity index (χ1n) is 14.5. The molecule has 1 aromatic rings. The van der Waals surface area contributed by atoms with Crippen molar-refractivity contribution in [2.45, 2.75) is 94.9 Å². The molecule has 1 N–H and O–H groups in total. The second-order valence-corrected chi connectivity index (χ2v) is 11.4. The number of amides is 1. The van der Waals surface area contributed by atoms with Crippen LogP contribution in [-0.4, -0.2) is 123 Å². The zero-order chi connectivity index (χ0) is 32.4. The number of carbonyl (C=O) groups is 1. The van der Waals surface area contributed by atoms with Crippen molar-refractivity contribution >= 4 is 23.2 Å². The van der Waals surface area contributed by atoms with Gasteiger partial charge in [0.1, 0.15) is 36.6 Å². The van der Waals surface area contributed by atoms with Gasteiger partial charge in [0.2, 0.25) is 5.91 Å². The number of rotatable bonds is 16. The highest BCUT2D eigenvalue weighted by Crippen LogP contribution is 2.33. The number of hydrogen-bond acceptors (Lipinski definition) is 12. The molecule has 2 fully saturated rings. The molecule has 0 aromatic heterocycles. The fraction of sp³-hybridized carbons (Fsp3) is 0.767. The van der Waals surface area contributed by atoms with E-state index in [0.29, 0.717) is 23.7 Å². The predicted octanol–water partition coefficient (Wildman–Crippen LogP) is 3.15. The van der Waals surface area contributed by atoms with Crippen LogP contribution >= 0.6 is 11.6 Å². The van der Waals surface area contributed by atoms with Crippen molar-refractivity contribution in [1.29, 1.82) is 0 Å². The molecule has 2 saturated heterocycles. The van der Waals surface area contributed by atoms with E-state index >= 15 is 0 Å². The summed E-state index contributed by atoms with van der Waals surface area (Å²) >= 11 is 6.23. The lowest BCUT2D eigenvalue weighted by Gasteiger charge is -2.47. The number of carbonyl (C=O) groups excluding carboxylic acids is 1. The van der Waals surface area contributed by atoms with E-state index in [1.54, 1.807) is 46.6 Å². The maximum atomic E-state index is 11.6. The van der Waals surface area contributed by atoms with Crippen molar-refractivity contribution in [3.8, 4) is 0 Å². The Hall–Kier alpha value is -1.46. The minimum Gasteiger partial charge on any atom is -0.382 e. The predicted molar refractivity (Wildman–Crippen MR) is 159 cm³/mol. The lowest BCUT2D eigenvalue weighted by atomic mass is 9.97. The Bertz CT molecular complexity index is 1030. The van der Waals surface area contributed by atoms with Gasteiger partial charge in [0.05, 0.1) is 36.6 Å². The van der Waals surface area contributed by atoms with E-state index in [2.05, 4.69) is 5.32 Å². The van der Waals surface area contributed by atoms with Crippen LogP contribution in [-0.2, 0) is 63.5 Å². The van der Waals surface area contributed by atoms with Gasteiger partial charge >= 0.3 is 0 Å². The van der Waals surface area contributed by atoms with Crippen LogP contribution in [0.15, 0.2) is 18.2 Å². The van der Waals surface area contributed by atoms with Gasteiger partial charge in [-0.15, -0.1) is 0 Å². The molecule has 2 aliphatic heterocycles. The van der Waals surface area contributed by atoms with Crippen molar-refractivity contribution in [3.05, 3.63) is 28.8 Å². The van der Waals surface area contributed by atoms with Crippen molar-refractivity contribution < 1.29 is 56.9 Å².